The second kappa shape index (κ2) is 6.63. The molecule has 18 heavy (non-hydrogen) atoms. The number of nitriles is 1. The molecule has 0 aliphatic carbocycles. The van der Waals surface area contributed by atoms with Gasteiger partial charge in [0.05, 0.1) is 19.1 Å². The standard InChI is InChI=1S/C14H19ClN2O/c1-9(2)12(8-16)14(17-3)11-6-5-10(18-4)7-13(11)15/h5-7,9,12,14,17H,1-4H3. The van der Waals surface area contributed by atoms with Crippen LogP contribution in [-0.4, -0.2) is 14.2 Å². The van der Waals surface area contributed by atoms with Crippen LogP contribution in [-0.2, 0) is 0 Å². The summed E-state index contributed by atoms with van der Waals surface area (Å²) in [4.78, 5) is 0. The first-order valence-corrected chi connectivity index (χ1v) is 6.33. The van der Waals surface area contributed by atoms with Crippen molar-refractivity contribution in [2.75, 3.05) is 14.2 Å². The van der Waals surface area contributed by atoms with Crippen LogP contribution in [0.4, 0.5) is 0 Å². The molecule has 4 heteroatoms. The fourth-order valence-corrected chi connectivity index (χ4v) is 2.31. The summed E-state index contributed by atoms with van der Waals surface area (Å²) in [5.41, 5.74) is 0.931. The molecule has 0 fully saturated rings. The van der Waals surface area contributed by atoms with E-state index in [0.717, 1.165) is 11.3 Å². The predicted molar refractivity (Wildman–Crippen MR) is 73.7 cm³/mol. The Morgan fingerprint density at radius 1 is 1.39 bits per heavy atom. The smallest absolute Gasteiger partial charge is 0.120 e. The summed E-state index contributed by atoms with van der Waals surface area (Å²) in [7, 11) is 3.45. The molecule has 0 aliphatic heterocycles. The molecule has 2 unspecified atom stereocenters. The monoisotopic (exact) mass is 266 g/mol. The first-order chi connectivity index (χ1) is 8.54. The molecular formula is C14H19ClN2O. The molecule has 0 saturated heterocycles. The van der Waals surface area contributed by atoms with E-state index in [1.807, 2.05) is 33.0 Å². The van der Waals surface area contributed by atoms with Gasteiger partial charge in [-0.3, -0.25) is 0 Å². The normalized spacial score (nSPS) is 14.1. The van der Waals surface area contributed by atoms with Crippen LogP contribution in [0.1, 0.15) is 25.5 Å². The third kappa shape index (κ3) is 3.16. The van der Waals surface area contributed by atoms with E-state index in [2.05, 4.69) is 11.4 Å². The Morgan fingerprint density at radius 3 is 2.44 bits per heavy atom. The van der Waals surface area contributed by atoms with E-state index in [9.17, 15) is 5.26 Å². The lowest BCUT2D eigenvalue weighted by molar-refractivity contribution is 0.362. The number of halogens is 1. The maximum absolute atomic E-state index is 9.29. The van der Waals surface area contributed by atoms with Gasteiger partial charge in [-0.2, -0.15) is 5.26 Å². The largest absolute Gasteiger partial charge is 0.497 e. The number of nitrogens with zero attached hydrogens (tertiary/aromatic N) is 1. The summed E-state index contributed by atoms with van der Waals surface area (Å²) in [6.07, 6.45) is 0. The summed E-state index contributed by atoms with van der Waals surface area (Å²) < 4.78 is 5.13. The molecule has 3 nitrogen and oxygen atoms in total. The quantitative estimate of drug-likeness (QED) is 0.888. The van der Waals surface area contributed by atoms with Gasteiger partial charge < -0.3 is 10.1 Å². The SMILES string of the molecule is CNC(c1ccc(OC)cc1Cl)C(C#N)C(C)C. The molecule has 1 rings (SSSR count). The van der Waals surface area contributed by atoms with Crippen molar-refractivity contribution >= 4 is 11.6 Å². The highest BCUT2D eigenvalue weighted by Crippen LogP contribution is 2.33. The van der Waals surface area contributed by atoms with Crippen LogP contribution in [0, 0.1) is 23.2 Å². The van der Waals surface area contributed by atoms with E-state index < -0.39 is 0 Å². The second-order valence-corrected chi connectivity index (χ2v) is 4.96. The van der Waals surface area contributed by atoms with Crippen LogP contribution in [0.3, 0.4) is 0 Å². The fraction of sp³-hybridized carbons (Fsp3) is 0.500. The highest BCUT2D eigenvalue weighted by molar-refractivity contribution is 6.31. The average Bonchev–Trinajstić information content (AvgIpc) is 2.35. The number of hydrogen-bond acceptors (Lipinski definition) is 3. The van der Waals surface area contributed by atoms with E-state index in [1.54, 1.807) is 13.2 Å². The molecule has 0 amide bonds. The highest BCUT2D eigenvalue weighted by atomic mass is 35.5. The van der Waals surface area contributed by atoms with Crippen molar-refractivity contribution in [1.29, 1.82) is 5.26 Å². The average molecular weight is 267 g/mol. The lowest BCUT2D eigenvalue weighted by Crippen LogP contribution is -2.28. The van der Waals surface area contributed by atoms with Gasteiger partial charge in [0.1, 0.15) is 5.75 Å². The lowest BCUT2D eigenvalue weighted by atomic mass is 9.85. The minimum Gasteiger partial charge on any atom is -0.497 e. The van der Waals surface area contributed by atoms with Gasteiger partial charge in [-0.05, 0) is 30.7 Å². The van der Waals surface area contributed by atoms with E-state index in [0.29, 0.717) is 5.02 Å². The Morgan fingerprint density at radius 2 is 2.06 bits per heavy atom. The van der Waals surface area contributed by atoms with Crippen molar-refractivity contribution in [3.05, 3.63) is 28.8 Å². The maximum atomic E-state index is 9.29. The Hall–Kier alpha value is -1.24. The molecule has 2 atom stereocenters. The van der Waals surface area contributed by atoms with Crippen LogP contribution in [0.2, 0.25) is 5.02 Å². The number of rotatable bonds is 5. The van der Waals surface area contributed by atoms with Gasteiger partial charge in [0.25, 0.3) is 0 Å². The minimum atomic E-state index is -0.124. The Kier molecular flexibility index (Phi) is 5.46. The molecule has 0 aromatic heterocycles. The molecule has 1 aromatic rings. The molecule has 0 saturated carbocycles. The minimum absolute atomic E-state index is 0.0755. The van der Waals surface area contributed by atoms with Crippen molar-refractivity contribution in [3.8, 4) is 11.8 Å². The van der Waals surface area contributed by atoms with Crippen molar-refractivity contribution in [2.24, 2.45) is 11.8 Å². The molecule has 1 aromatic carbocycles. The summed E-state index contributed by atoms with van der Waals surface area (Å²) in [6.45, 7) is 4.07. The van der Waals surface area contributed by atoms with Crippen LogP contribution in [0.5, 0.6) is 5.75 Å². The van der Waals surface area contributed by atoms with Crippen molar-refractivity contribution in [2.45, 2.75) is 19.9 Å². The van der Waals surface area contributed by atoms with Crippen LogP contribution in [0.25, 0.3) is 0 Å². The summed E-state index contributed by atoms with van der Waals surface area (Å²) in [6, 6.07) is 7.83. The summed E-state index contributed by atoms with van der Waals surface area (Å²) in [5, 5.41) is 13.1. The molecule has 0 radical (unpaired) electrons. The van der Waals surface area contributed by atoms with Gasteiger partial charge >= 0.3 is 0 Å². The first kappa shape index (κ1) is 14.8. The van der Waals surface area contributed by atoms with Crippen LogP contribution < -0.4 is 10.1 Å². The van der Waals surface area contributed by atoms with Gasteiger partial charge in [0.15, 0.2) is 0 Å². The summed E-state index contributed by atoms with van der Waals surface area (Å²) in [5.74, 6) is 0.850. The molecule has 1 N–H and O–H groups in total. The zero-order chi connectivity index (χ0) is 13.7. The number of hydrogen-bond donors (Lipinski definition) is 1. The Balaban J connectivity index is 3.13. The molecule has 0 aliphatic rings. The number of ether oxygens (including phenoxy) is 1. The Bertz CT molecular complexity index is 440. The molecule has 0 bridgehead atoms. The van der Waals surface area contributed by atoms with Gasteiger partial charge in [0.2, 0.25) is 0 Å². The third-order valence-electron chi connectivity index (χ3n) is 3.08. The molecule has 0 heterocycles. The van der Waals surface area contributed by atoms with Crippen LogP contribution in [0.15, 0.2) is 18.2 Å². The third-order valence-corrected chi connectivity index (χ3v) is 3.41. The van der Waals surface area contributed by atoms with E-state index >= 15 is 0 Å². The zero-order valence-corrected chi connectivity index (χ0v) is 12.0. The van der Waals surface area contributed by atoms with E-state index in [1.165, 1.54) is 0 Å². The van der Waals surface area contributed by atoms with Gasteiger partial charge in [0, 0.05) is 11.1 Å². The van der Waals surface area contributed by atoms with E-state index in [4.69, 9.17) is 16.3 Å². The first-order valence-electron chi connectivity index (χ1n) is 5.95. The van der Waals surface area contributed by atoms with Crippen LogP contribution >= 0.6 is 11.6 Å². The fourth-order valence-electron chi connectivity index (χ4n) is 2.02. The maximum Gasteiger partial charge on any atom is 0.120 e. The van der Waals surface area contributed by atoms with Crippen molar-refractivity contribution < 1.29 is 4.74 Å². The van der Waals surface area contributed by atoms with Crippen molar-refractivity contribution in [1.82, 2.24) is 5.32 Å². The number of benzene rings is 1. The van der Waals surface area contributed by atoms with Gasteiger partial charge in [-0.15, -0.1) is 0 Å². The topological polar surface area (TPSA) is 45.0 Å². The molecule has 0 spiro atoms. The second-order valence-electron chi connectivity index (χ2n) is 4.55. The molecular weight excluding hydrogens is 248 g/mol. The summed E-state index contributed by atoms with van der Waals surface area (Å²) >= 11 is 6.26. The predicted octanol–water partition coefficient (Wildman–Crippen LogP) is 3.40. The number of methoxy groups -OCH3 is 1. The zero-order valence-electron chi connectivity index (χ0n) is 11.2. The Labute approximate surface area is 114 Å². The van der Waals surface area contributed by atoms with Gasteiger partial charge in [-0.1, -0.05) is 31.5 Å². The van der Waals surface area contributed by atoms with Crippen molar-refractivity contribution in [3.63, 3.8) is 0 Å². The highest BCUT2D eigenvalue weighted by Gasteiger charge is 2.26. The lowest BCUT2D eigenvalue weighted by Gasteiger charge is -2.25. The number of nitrogens with one attached hydrogen (secondary N) is 1. The van der Waals surface area contributed by atoms with Gasteiger partial charge in [-0.25, -0.2) is 0 Å². The molecule has 98 valence electrons. The van der Waals surface area contributed by atoms with E-state index in [-0.39, 0.29) is 17.9 Å².